The summed E-state index contributed by atoms with van der Waals surface area (Å²) < 4.78 is 0. The molecular formula is C20H34N2. The fraction of sp³-hybridized carbons (Fsp3) is 0.700. The SMILES string of the molecule is CCCNCc1cc2c(cc1C)N(CCC)C(C)(C)C[C@H]2C. The Hall–Kier alpha value is -1.02. The molecule has 22 heavy (non-hydrogen) atoms. The maximum atomic E-state index is 3.55. The van der Waals surface area contributed by atoms with E-state index in [1.54, 1.807) is 5.56 Å². The lowest BCUT2D eigenvalue weighted by Crippen LogP contribution is -2.48. The lowest BCUT2D eigenvalue weighted by atomic mass is 9.79. The van der Waals surface area contributed by atoms with Gasteiger partial charge in [-0.25, -0.2) is 0 Å². The first-order valence-corrected chi connectivity index (χ1v) is 9.02. The third-order valence-electron chi connectivity index (χ3n) is 5.03. The molecule has 1 aromatic rings. The second kappa shape index (κ2) is 7.04. The molecule has 1 aliphatic rings. The quantitative estimate of drug-likeness (QED) is 0.744. The third kappa shape index (κ3) is 3.48. The summed E-state index contributed by atoms with van der Waals surface area (Å²) >= 11 is 0. The van der Waals surface area contributed by atoms with Gasteiger partial charge in [0.2, 0.25) is 0 Å². The molecule has 0 saturated carbocycles. The van der Waals surface area contributed by atoms with Crippen LogP contribution in [-0.2, 0) is 6.54 Å². The van der Waals surface area contributed by atoms with E-state index in [2.05, 4.69) is 63.9 Å². The van der Waals surface area contributed by atoms with E-state index < -0.39 is 0 Å². The lowest BCUT2D eigenvalue weighted by Gasteiger charge is -2.48. The smallest absolute Gasteiger partial charge is 0.0408 e. The molecule has 0 aromatic heterocycles. The Bertz CT molecular complexity index is 505. The van der Waals surface area contributed by atoms with Gasteiger partial charge in [0.15, 0.2) is 0 Å². The lowest BCUT2D eigenvalue weighted by molar-refractivity contribution is 0.376. The predicted octanol–water partition coefficient (Wildman–Crippen LogP) is 5.00. The Labute approximate surface area is 137 Å². The van der Waals surface area contributed by atoms with Crippen molar-refractivity contribution in [2.75, 3.05) is 18.0 Å². The first-order valence-electron chi connectivity index (χ1n) is 9.02. The highest BCUT2D eigenvalue weighted by molar-refractivity contribution is 5.62. The molecule has 2 rings (SSSR count). The molecule has 0 amide bonds. The molecule has 124 valence electrons. The molecule has 0 unspecified atom stereocenters. The fourth-order valence-corrected chi connectivity index (χ4v) is 3.92. The van der Waals surface area contributed by atoms with Crippen molar-refractivity contribution >= 4 is 5.69 Å². The molecule has 1 N–H and O–H groups in total. The van der Waals surface area contributed by atoms with Crippen LogP contribution in [0, 0.1) is 6.92 Å². The summed E-state index contributed by atoms with van der Waals surface area (Å²) in [5.41, 5.74) is 6.18. The molecule has 0 aliphatic carbocycles. The van der Waals surface area contributed by atoms with Crippen LogP contribution in [0.3, 0.4) is 0 Å². The normalized spacial score (nSPS) is 20.1. The summed E-state index contributed by atoms with van der Waals surface area (Å²) in [5, 5.41) is 3.55. The van der Waals surface area contributed by atoms with Crippen molar-refractivity contribution in [3.05, 3.63) is 28.8 Å². The zero-order valence-electron chi connectivity index (χ0n) is 15.4. The molecule has 0 radical (unpaired) electrons. The van der Waals surface area contributed by atoms with Crippen LogP contribution in [0.2, 0.25) is 0 Å². The Morgan fingerprint density at radius 3 is 2.59 bits per heavy atom. The van der Waals surface area contributed by atoms with Crippen LogP contribution >= 0.6 is 0 Å². The number of nitrogens with one attached hydrogen (secondary N) is 1. The van der Waals surface area contributed by atoms with E-state index in [-0.39, 0.29) is 5.54 Å². The molecule has 1 aromatic carbocycles. The second-order valence-corrected chi connectivity index (χ2v) is 7.58. The highest BCUT2D eigenvalue weighted by atomic mass is 15.2. The topological polar surface area (TPSA) is 15.3 Å². The van der Waals surface area contributed by atoms with Crippen molar-refractivity contribution in [1.82, 2.24) is 5.32 Å². The Kier molecular flexibility index (Phi) is 5.55. The standard InChI is InChI=1S/C20H34N2/c1-7-9-21-14-17-12-18-16(4)13-20(5,6)22(10-8-2)19(18)11-15(17)3/h11-12,16,21H,7-10,13-14H2,1-6H3/t16-/m1/s1. The van der Waals surface area contributed by atoms with E-state index in [1.165, 1.54) is 36.1 Å². The minimum absolute atomic E-state index is 0.261. The van der Waals surface area contributed by atoms with Crippen LogP contribution in [0.15, 0.2) is 12.1 Å². The maximum Gasteiger partial charge on any atom is 0.0408 e. The molecule has 2 heteroatoms. The minimum atomic E-state index is 0.261. The van der Waals surface area contributed by atoms with E-state index in [1.807, 2.05) is 0 Å². The molecule has 1 atom stereocenters. The van der Waals surface area contributed by atoms with Gasteiger partial charge in [0, 0.05) is 24.3 Å². The van der Waals surface area contributed by atoms with Gasteiger partial charge in [0.1, 0.15) is 0 Å². The van der Waals surface area contributed by atoms with Gasteiger partial charge in [0.05, 0.1) is 0 Å². The van der Waals surface area contributed by atoms with Crippen molar-refractivity contribution in [1.29, 1.82) is 0 Å². The first-order chi connectivity index (χ1) is 10.4. The Morgan fingerprint density at radius 1 is 1.23 bits per heavy atom. The summed E-state index contributed by atoms with van der Waals surface area (Å²) in [6.45, 7) is 17.2. The molecular weight excluding hydrogens is 268 g/mol. The van der Waals surface area contributed by atoms with Crippen LogP contribution in [0.5, 0.6) is 0 Å². The number of hydrogen-bond acceptors (Lipinski definition) is 2. The Balaban J connectivity index is 2.37. The first kappa shape index (κ1) is 17.3. The van der Waals surface area contributed by atoms with E-state index in [9.17, 15) is 0 Å². The number of fused-ring (bicyclic) bond motifs is 1. The van der Waals surface area contributed by atoms with E-state index in [4.69, 9.17) is 0 Å². The van der Waals surface area contributed by atoms with Crippen molar-refractivity contribution in [2.45, 2.75) is 78.8 Å². The highest BCUT2D eigenvalue weighted by Gasteiger charge is 2.36. The molecule has 2 nitrogen and oxygen atoms in total. The Morgan fingerprint density at radius 2 is 1.95 bits per heavy atom. The summed E-state index contributed by atoms with van der Waals surface area (Å²) in [6, 6.07) is 4.90. The van der Waals surface area contributed by atoms with Gasteiger partial charge in [0.25, 0.3) is 0 Å². The van der Waals surface area contributed by atoms with Crippen LogP contribution < -0.4 is 10.2 Å². The summed E-state index contributed by atoms with van der Waals surface area (Å²) in [6.07, 6.45) is 3.64. The molecule has 0 saturated heterocycles. The van der Waals surface area contributed by atoms with Crippen LogP contribution in [-0.4, -0.2) is 18.6 Å². The van der Waals surface area contributed by atoms with Gasteiger partial charge in [-0.2, -0.15) is 0 Å². The van der Waals surface area contributed by atoms with Gasteiger partial charge in [-0.3, -0.25) is 0 Å². The van der Waals surface area contributed by atoms with E-state index in [0.717, 1.165) is 19.6 Å². The summed E-state index contributed by atoms with van der Waals surface area (Å²) in [5.74, 6) is 0.642. The largest absolute Gasteiger partial charge is 0.366 e. The van der Waals surface area contributed by atoms with E-state index >= 15 is 0 Å². The third-order valence-corrected chi connectivity index (χ3v) is 5.03. The van der Waals surface area contributed by atoms with Crippen molar-refractivity contribution in [3.8, 4) is 0 Å². The predicted molar refractivity (Wildman–Crippen MR) is 97.9 cm³/mol. The zero-order chi connectivity index (χ0) is 16.3. The number of rotatable bonds is 6. The number of hydrogen-bond donors (Lipinski definition) is 1. The van der Waals surface area contributed by atoms with Crippen molar-refractivity contribution in [3.63, 3.8) is 0 Å². The minimum Gasteiger partial charge on any atom is -0.366 e. The summed E-state index contributed by atoms with van der Waals surface area (Å²) in [4.78, 5) is 2.64. The molecule has 1 heterocycles. The number of anilines is 1. The van der Waals surface area contributed by atoms with Crippen LogP contribution in [0.25, 0.3) is 0 Å². The average molecular weight is 303 g/mol. The van der Waals surface area contributed by atoms with Crippen LogP contribution in [0.4, 0.5) is 5.69 Å². The number of nitrogens with zero attached hydrogens (tertiary/aromatic N) is 1. The average Bonchev–Trinajstić information content (AvgIpc) is 2.44. The summed E-state index contributed by atoms with van der Waals surface area (Å²) in [7, 11) is 0. The van der Waals surface area contributed by atoms with Crippen molar-refractivity contribution in [2.24, 2.45) is 0 Å². The highest BCUT2D eigenvalue weighted by Crippen LogP contribution is 2.44. The molecule has 0 spiro atoms. The fourth-order valence-electron chi connectivity index (χ4n) is 3.92. The van der Waals surface area contributed by atoms with Gasteiger partial charge in [-0.15, -0.1) is 0 Å². The zero-order valence-corrected chi connectivity index (χ0v) is 15.4. The molecule has 0 bridgehead atoms. The number of benzene rings is 1. The second-order valence-electron chi connectivity index (χ2n) is 7.58. The monoisotopic (exact) mass is 302 g/mol. The van der Waals surface area contributed by atoms with Crippen molar-refractivity contribution < 1.29 is 0 Å². The van der Waals surface area contributed by atoms with Gasteiger partial charge >= 0.3 is 0 Å². The molecule has 0 fully saturated rings. The molecule has 1 aliphatic heterocycles. The van der Waals surface area contributed by atoms with E-state index in [0.29, 0.717) is 5.92 Å². The van der Waals surface area contributed by atoms with Gasteiger partial charge in [-0.1, -0.05) is 26.8 Å². The number of aryl methyl sites for hydroxylation is 1. The van der Waals surface area contributed by atoms with Gasteiger partial charge < -0.3 is 10.2 Å². The van der Waals surface area contributed by atoms with Gasteiger partial charge in [-0.05, 0) is 75.3 Å². The maximum absolute atomic E-state index is 3.55. The van der Waals surface area contributed by atoms with Crippen LogP contribution in [0.1, 0.15) is 76.5 Å².